The van der Waals surface area contributed by atoms with Gasteiger partial charge in [0.05, 0.1) is 0 Å². The molecule has 1 saturated heterocycles. The Balaban J connectivity index is 1.84. The molecule has 1 fully saturated rings. The number of thiophene rings is 1. The number of nitrogens with one attached hydrogen (secondary N) is 1. The molecule has 1 aromatic rings. The number of hydrogen-bond donors (Lipinski definition) is 1. The largest absolute Gasteiger partial charge is 0.313 e. The summed E-state index contributed by atoms with van der Waals surface area (Å²) < 4.78 is 0. The van der Waals surface area contributed by atoms with Crippen molar-refractivity contribution < 1.29 is 0 Å². The summed E-state index contributed by atoms with van der Waals surface area (Å²) in [7, 11) is 2.24. The Morgan fingerprint density at radius 1 is 1.53 bits per heavy atom. The molecule has 0 aliphatic carbocycles. The van der Waals surface area contributed by atoms with Crippen LogP contribution in [0.3, 0.4) is 0 Å². The van der Waals surface area contributed by atoms with Gasteiger partial charge in [-0.2, -0.15) is 0 Å². The van der Waals surface area contributed by atoms with Crippen LogP contribution in [0.15, 0.2) is 17.5 Å². The molecule has 108 valence electrons. The molecule has 1 N–H and O–H groups in total. The summed E-state index contributed by atoms with van der Waals surface area (Å²) in [5.41, 5.74) is 0.239. The third kappa shape index (κ3) is 4.04. The lowest BCUT2D eigenvalue weighted by Crippen LogP contribution is -2.46. The molecule has 0 aromatic carbocycles. The summed E-state index contributed by atoms with van der Waals surface area (Å²) in [4.78, 5) is 3.95. The van der Waals surface area contributed by atoms with E-state index < -0.39 is 0 Å². The van der Waals surface area contributed by atoms with Gasteiger partial charge in [0.2, 0.25) is 0 Å². The average Bonchev–Trinajstić information content (AvgIpc) is 2.90. The lowest BCUT2D eigenvalue weighted by molar-refractivity contribution is 0.176. The predicted molar refractivity (Wildman–Crippen MR) is 85.0 cm³/mol. The zero-order valence-corrected chi connectivity index (χ0v) is 13.6. The molecule has 2 nitrogen and oxygen atoms in total. The second kappa shape index (κ2) is 6.38. The van der Waals surface area contributed by atoms with Crippen molar-refractivity contribution in [1.82, 2.24) is 10.2 Å². The standard InChI is InChI=1S/C16H28N2S/c1-13(14-7-5-9-18(4)11-14)17-12-16(2,3)15-8-6-10-19-15/h6,8,10,13-14,17H,5,7,9,11-12H2,1-4H3. The maximum atomic E-state index is 3.78. The molecule has 19 heavy (non-hydrogen) atoms. The molecule has 1 aromatic heterocycles. The second-order valence-corrected chi connectivity index (χ2v) is 7.64. The molecular weight excluding hydrogens is 252 g/mol. The zero-order valence-electron chi connectivity index (χ0n) is 12.8. The van der Waals surface area contributed by atoms with E-state index in [9.17, 15) is 0 Å². The van der Waals surface area contributed by atoms with Crippen LogP contribution in [0.25, 0.3) is 0 Å². The van der Waals surface area contributed by atoms with Crippen LogP contribution in [-0.4, -0.2) is 37.6 Å². The van der Waals surface area contributed by atoms with Crippen molar-refractivity contribution in [2.24, 2.45) is 5.92 Å². The predicted octanol–water partition coefficient (Wildman–Crippen LogP) is 3.35. The van der Waals surface area contributed by atoms with Crippen LogP contribution >= 0.6 is 11.3 Å². The van der Waals surface area contributed by atoms with Gasteiger partial charge in [-0.1, -0.05) is 19.9 Å². The van der Waals surface area contributed by atoms with Gasteiger partial charge in [0.25, 0.3) is 0 Å². The Morgan fingerprint density at radius 2 is 2.32 bits per heavy atom. The third-order valence-electron chi connectivity index (χ3n) is 4.42. The van der Waals surface area contributed by atoms with Gasteiger partial charge < -0.3 is 10.2 Å². The molecule has 0 spiro atoms. The van der Waals surface area contributed by atoms with Gasteiger partial charge in [0.15, 0.2) is 0 Å². The van der Waals surface area contributed by atoms with Crippen LogP contribution in [0.2, 0.25) is 0 Å². The number of nitrogens with zero attached hydrogens (tertiary/aromatic N) is 1. The van der Waals surface area contributed by atoms with Crippen LogP contribution < -0.4 is 5.32 Å². The minimum Gasteiger partial charge on any atom is -0.313 e. The lowest BCUT2D eigenvalue weighted by atomic mass is 9.88. The van der Waals surface area contributed by atoms with E-state index in [-0.39, 0.29) is 5.41 Å². The van der Waals surface area contributed by atoms with Crippen LogP contribution in [0, 0.1) is 5.92 Å². The molecule has 3 heteroatoms. The average molecular weight is 280 g/mol. The minimum atomic E-state index is 0.239. The second-order valence-electron chi connectivity index (χ2n) is 6.70. The monoisotopic (exact) mass is 280 g/mol. The summed E-state index contributed by atoms with van der Waals surface area (Å²) in [6, 6.07) is 5.02. The van der Waals surface area contributed by atoms with E-state index in [2.05, 4.69) is 55.5 Å². The highest BCUT2D eigenvalue weighted by Gasteiger charge is 2.26. The third-order valence-corrected chi connectivity index (χ3v) is 5.66. The Hall–Kier alpha value is -0.380. The molecule has 2 rings (SSSR count). The molecule has 1 aliphatic heterocycles. The highest BCUT2D eigenvalue weighted by Crippen LogP contribution is 2.27. The van der Waals surface area contributed by atoms with Gasteiger partial charge in [-0.3, -0.25) is 0 Å². The van der Waals surface area contributed by atoms with Gasteiger partial charge in [-0.25, -0.2) is 0 Å². The minimum absolute atomic E-state index is 0.239. The molecule has 1 aliphatic rings. The summed E-state index contributed by atoms with van der Waals surface area (Å²) in [6.45, 7) is 10.6. The molecule has 2 unspecified atom stereocenters. The van der Waals surface area contributed by atoms with Gasteiger partial charge in [-0.05, 0) is 50.7 Å². The first kappa shape index (κ1) is 15.0. The fourth-order valence-corrected chi connectivity index (χ4v) is 3.80. The zero-order chi connectivity index (χ0) is 13.9. The SMILES string of the molecule is CC(NCC(C)(C)c1cccs1)C1CCCN(C)C1. The van der Waals surface area contributed by atoms with E-state index >= 15 is 0 Å². The number of likely N-dealkylation sites (tertiary alicyclic amines) is 1. The lowest BCUT2D eigenvalue weighted by Gasteiger charge is -2.35. The fraction of sp³-hybridized carbons (Fsp3) is 0.750. The summed E-state index contributed by atoms with van der Waals surface area (Å²) in [6.07, 6.45) is 2.72. The Kier molecular flexibility index (Phi) is 5.04. The molecule has 0 amide bonds. The first-order valence-corrected chi connectivity index (χ1v) is 8.33. The van der Waals surface area contributed by atoms with Gasteiger partial charge >= 0.3 is 0 Å². The van der Waals surface area contributed by atoms with E-state index in [1.807, 2.05) is 11.3 Å². The highest BCUT2D eigenvalue weighted by molar-refractivity contribution is 7.10. The van der Waals surface area contributed by atoms with E-state index in [1.165, 1.54) is 30.8 Å². The summed E-state index contributed by atoms with van der Waals surface area (Å²) in [5.74, 6) is 0.804. The number of rotatable bonds is 5. The van der Waals surface area contributed by atoms with Crippen molar-refractivity contribution in [2.45, 2.75) is 45.1 Å². The summed E-state index contributed by atoms with van der Waals surface area (Å²) >= 11 is 1.87. The molecule has 2 atom stereocenters. The Morgan fingerprint density at radius 3 is 2.95 bits per heavy atom. The van der Waals surface area contributed by atoms with Crippen molar-refractivity contribution in [1.29, 1.82) is 0 Å². The first-order valence-electron chi connectivity index (χ1n) is 7.45. The molecule has 0 bridgehead atoms. The van der Waals surface area contributed by atoms with Crippen LogP contribution in [0.4, 0.5) is 0 Å². The van der Waals surface area contributed by atoms with Crippen LogP contribution in [0.1, 0.15) is 38.5 Å². The van der Waals surface area contributed by atoms with Crippen molar-refractivity contribution in [2.75, 3.05) is 26.7 Å². The van der Waals surface area contributed by atoms with E-state index in [0.29, 0.717) is 6.04 Å². The fourth-order valence-electron chi connectivity index (χ4n) is 2.95. The summed E-state index contributed by atoms with van der Waals surface area (Å²) in [5, 5.41) is 5.96. The van der Waals surface area contributed by atoms with Crippen molar-refractivity contribution in [3.8, 4) is 0 Å². The normalized spacial score (nSPS) is 23.5. The van der Waals surface area contributed by atoms with Crippen LogP contribution in [-0.2, 0) is 5.41 Å². The highest BCUT2D eigenvalue weighted by atomic mass is 32.1. The number of hydrogen-bond acceptors (Lipinski definition) is 3. The van der Waals surface area contributed by atoms with Gasteiger partial charge in [0.1, 0.15) is 0 Å². The van der Waals surface area contributed by atoms with Gasteiger partial charge in [0, 0.05) is 29.4 Å². The van der Waals surface area contributed by atoms with Crippen molar-refractivity contribution in [3.63, 3.8) is 0 Å². The number of piperidine rings is 1. The Bertz CT molecular complexity index is 372. The molecular formula is C16H28N2S. The molecule has 0 saturated carbocycles. The smallest absolute Gasteiger partial charge is 0.0115 e. The Labute approximate surface area is 122 Å². The molecule has 2 heterocycles. The maximum Gasteiger partial charge on any atom is 0.0115 e. The van der Waals surface area contributed by atoms with E-state index in [4.69, 9.17) is 0 Å². The molecule has 0 radical (unpaired) electrons. The van der Waals surface area contributed by atoms with Crippen molar-refractivity contribution >= 4 is 11.3 Å². The van der Waals surface area contributed by atoms with Crippen molar-refractivity contribution in [3.05, 3.63) is 22.4 Å². The topological polar surface area (TPSA) is 15.3 Å². The van der Waals surface area contributed by atoms with Crippen LogP contribution in [0.5, 0.6) is 0 Å². The van der Waals surface area contributed by atoms with E-state index in [1.54, 1.807) is 0 Å². The quantitative estimate of drug-likeness (QED) is 0.890. The van der Waals surface area contributed by atoms with Gasteiger partial charge in [-0.15, -0.1) is 11.3 Å². The first-order chi connectivity index (χ1) is 8.99. The maximum absolute atomic E-state index is 3.78. The van der Waals surface area contributed by atoms with E-state index in [0.717, 1.165) is 12.5 Å².